The second kappa shape index (κ2) is 27.0. The molecule has 0 unspecified atom stereocenters. The molecule has 2 aromatic carbocycles. The predicted molar refractivity (Wildman–Crippen MR) is 244 cm³/mol. The number of hydrogen-bond donors (Lipinski definition) is 0. The normalized spacial score (nSPS) is 13.4. The number of benzene rings is 2. The van der Waals surface area contributed by atoms with Crippen LogP contribution in [0.5, 0.6) is 0 Å². The average Bonchev–Trinajstić information content (AvgIpc) is 3.47. The fourth-order valence-corrected chi connectivity index (χ4v) is 8.68. The molecule has 0 spiro atoms. The Morgan fingerprint density at radius 3 is 1.24 bits per heavy atom. The Balaban J connectivity index is 2.38. The molecule has 0 amide bonds. The highest BCUT2D eigenvalue weighted by Gasteiger charge is 2.35. The van der Waals surface area contributed by atoms with Gasteiger partial charge in [-0.05, 0) is 154 Å². The summed E-state index contributed by atoms with van der Waals surface area (Å²) in [4.78, 5) is 0. The quantitative estimate of drug-likeness (QED) is 0.0562. The highest BCUT2D eigenvalue weighted by atomic mass is 15.2. The van der Waals surface area contributed by atoms with Gasteiger partial charge in [-0.2, -0.15) is 0 Å². The molecule has 0 bridgehead atoms. The molecule has 0 aromatic heterocycles. The zero-order valence-corrected chi connectivity index (χ0v) is 37.5. The zero-order chi connectivity index (χ0) is 39.8. The van der Waals surface area contributed by atoms with Crippen molar-refractivity contribution in [3.05, 3.63) is 97.6 Å². The van der Waals surface area contributed by atoms with Crippen LogP contribution in [0.4, 0.5) is 0 Å². The van der Waals surface area contributed by atoms with Crippen LogP contribution in [0.15, 0.2) is 47.6 Å². The van der Waals surface area contributed by atoms with E-state index in [1.165, 1.54) is 167 Å². The van der Waals surface area contributed by atoms with Crippen molar-refractivity contribution in [2.75, 3.05) is 0 Å². The SMILES string of the molecule is CCCCC=CC1=C(c2cc(CCCCC)c(CCCCC)c(CCCCC)c2)[N+](=[N-])C(c2cc(CCCC)c(CCCC)c(CCCC)c2)=C1CCCC. The topological polar surface area (TPSA) is 25.3 Å². The summed E-state index contributed by atoms with van der Waals surface area (Å²) < 4.78 is 1.68. The molecular weight excluding hydrogens is 665 g/mol. The van der Waals surface area contributed by atoms with E-state index in [0.29, 0.717) is 0 Å². The summed E-state index contributed by atoms with van der Waals surface area (Å²) in [6.07, 6.45) is 36.9. The van der Waals surface area contributed by atoms with Crippen LogP contribution in [0.1, 0.15) is 235 Å². The van der Waals surface area contributed by atoms with Crippen LogP contribution < -0.4 is 0 Å². The predicted octanol–water partition coefficient (Wildman–Crippen LogP) is 17.0. The molecule has 1 aliphatic rings. The number of unbranched alkanes of at least 4 members (excludes halogenated alkanes) is 12. The van der Waals surface area contributed by atoms with Gasteiger partial charge in [-0.15, -0.1) is 0 Å². The Morgan fingerprint density at radius 1 is 0.418 bits per heavy atom. The Kier molecular flexibility index (Phi) is 22.9. The second-order valence-corrected chi connectivity index (χ2v) is 16.8. The van der Waals surface area contributed by atoms with Crippen LogP contribution in [-0.4, -0.2) is 4.70 Å². The first kappa shape index (κ1) is 46.6. The second-order valence-electron chi connectivity index (χ2n) is 16.8. The summed E-state index contributed by atoms with van der Waals surface area (Å²) >= 11 is 0. The lowest BCUT2D eigenvalue weighted by Gasteiger charge is -2.20. The zero-order valence-electron chi connectivity index (χ0n) is 37.5. The van der Waals surface area contributed by atoms with Crippen molar-refractivity contribution in [3.8, 4) is 0 Å². The van der Waals surface area contributed by atoms with Crippen molar-refractivity contribution in [1.82, 2.24) is 0 Å². The van der Waals surface area contributed by atoms with E-state index >= 15 is 0 Å². The number of rotatable bonds is 30. The van der Waals surface area contributed by atoms with E-state index in [4.69, 9.17) is 0 Å². The van der Waals surface area contributed by atoms with E-state index in [1.54, 1.807) is 15.8 Å². The summed E-state index contributed by atoms with van der Waals surface area (Å²) in [7, 11) is 0. The van der Waals surface area contributed by atoms with E-state index in [1.807, 2.05) is 0 Å². The van der Waals surface area contributed by atoms with Gasteiger partial charge in [-0.1, -0.05) is 145 Å². The number of aryl methyl sites for hydroxylation is 4. The van der Waals surface area contributed by atoms with E-state index in [-0.39, 0.29) is 0 Å². The molecule has 55 heavy (non-hydrogen) atoms. The van der Waals surface area contributed by atoms with Gasteiger partial charge in [0.05, 0.1) is 5.57 Å². The monoisotopic (exact) mass is 749 g/mol. The van der Waals surface area contributed by atoms with Gasteiger partial charge in [0.25, 0.3) is 0 Å². The Hall–Kier alpha value is -2.74. The van der Waals surface area contributed by atoms with Gasteiger partial charge in [-0.3, -0.25) is 0 Å². The summed E-state index contributed by atoms with van der Waals surface area (Å²) in [6.45, 7) is 18.5. The lowest BCUT2D eigenvalue weighted by Crippen LogP contribution is -2.09. The van der Waals surface area contributed by atoms with Gasteiger partial charge in [0, 0.05) is 16.7 Å². The van der Waals surface area contributed by atoms with Crippen LogP contribution in [-0.2, 0) is 38.5 Å². The highest BCUT2D eigenvalue weighted by molar-refractivity contribution is 5.85. The van der Waals surface area contributed by atoms with Gasteiger partial charge < -0.3 is 5.53 Å². The average molecular weight is 749 g/mol. The van der Waals surface area contributed by atoms with E-state index < -0.39 is 0 Å². The van der Waals surface area contributed by atoms with Crippen molar-refractivity contribution < 1.29 is 4.70 Å². The lowest BCUT2D eigenvalue weighted by atomic mass is 9.86. The van der Waals surface area contributed by atoms with E-state index in [2.05, 4.69) is 91.8 Å². The Morgan fingerprint density at radius 2 is 0.782 bits per heavy atom. The summed E-state index contributed by atoms with van der Waals surface area (Å²) in [6, 6.07) is 10.1. The molecule has 0 fully saturated rings. The van der Waals surface area contributed by atoms with E-state index in [0.717, 1.165) is 62.8 Å². The third-order valence-electron chi connectivity index (χ3n) is 12.0. The Labute approximate surface area is 341 Å². The number of nitrogens with zero attached hydrogens (tertiary/aromatic N) is 2. The largest absolute Gasteiger partial charge is 0.493 e. The fourth-order valence-electron chi connectivity index (χ4n) is 8.68. The first-order valence-electron chi connectivity index (χ1n) is 23.9. The molecule has 2 heteroatoms. The standard InChI is InChI=1S/C53H84N2/c1-9-17-25-29-37-51-50(35-24-16-8)52(46-38-42(30-21-13-5)48(34-23-15-7)43(39-46)31-22-14-6)55(54)53(51)47-40-44(32-26-18-10-2)49(36-28-20-12-4)45(41-47)33-27-19-11-3/h29,37-41H,9-28,30-36H2,1-8H3. The van der Waals surface area contributed by atoms with Gasteiger partial charge in [0.1, 0.15) is 0 Å². The fraction of sp³-hybridized carbons (Fsp3) is 0.660. The molecular formula is C53H84N2. The van der Waals surface area contributed by atoms with Crippen molar-refractivity contribution >= 4 is 11.4 Å². The minimum atomic E-state index is 0.980. The molecule has 306 valence electrons. The molecule has 0 radical (unpaired) electrons. The Bertz CT molecular complexity index is 1470. The molecule has 2 nitrogen and oxygen atoms in total. The molecule has 0 saturated carbocycles. The first-order valence-corrected chi connectivity index (χ1v) is 23.9. The third kappa shape index (κ3) is 14.0. The van der Waals surface area contributed by atoms with Crippen molar-refractivity contribution in [2.24, 2.45) is 0 Å². The van der Waals surface area contributed by atoms with Gasteiger partial charge in [-0.25, -0.2) is 4.70 Å². The van der Waals surface area contributed by atoms with E-state index in [9.17, 15) is 5.53 Å². The summed E-state index contributed by atoms with van der Waals surface area (Å²) in [5.41, 5.74) is 29.3. The van der Waals surface area contributed by atoms with Gasteiger partial charge >= 0.3 is 0 Å². The molecule has 0 saturated heterocycles. The number of allylic oxidation sites excluding steroid dienone is 4. The molecule has 0 N–H and O–H groups in total. The van der Waals surface area contributed by atoms with Crippen molar-refractivity contribution in [2.45, 2.75) is 229 Å². The van der Waals surface area contributed by atoms with Crippen LogP contribution in [0, 0.1) is 0 Å². The highest BCUT2D eigenvalue weighted by Crippen LogP contribution is 2.45. The van der Waals surface area contributed by atoms with Crippen LogP contribution in [0.2, 0.25) is 0 Å². The van der Waals surface area contributed by atoms with Gasteiger partial charge in [0.2, 0.25) is 11.4 Å². The maximum Gasteiger partial charge on any atom is 0.215 e. The smallest absolute Gasteiger partial charge is 0.215 e. The van der Waals surface area contributed by atoms with Crippen LogP contribution in [0.25, 0.3) is 16.9 Å². The van der Waals surface area contributed by atoms with Crippen molar-refractivity contribution in [1.29, 1.82) is 0 Å². The molecule has 0 aliphatic carbocycles. The van der Waals surface area contributed by atoms with Crippen LogP contribution in [0.3, 0.4) is 0 Å². The minimum absolute atomic E-state index is 0.980. The molecule has 2 aromatic rings. The minimum Gasteiger partial charge on any atom is -0.493 e. The maximum absolute atomic E-state index is 12.9. The summed E-state index contributed by atoms with van der Waals surface area (Å²) in [5.74, 6) is 0. The van der Waals surface area contributed by atoms with Gasteiger partial charge in [0.15, 0.2) is 0 Å². The van der Waals surface area contributed by atoms with Crippen LogP contribution >= 0.6 is 0 Å². The molecule has 3 rings (SSSR count). The molecule has 1 aliphatic heterocycles. The summed E-state index contributed by atoms with van der Waals surface area (Å²) in [5, 5.41) is 0. The van der Waals surface area contributed by atoms with Crippen molar-refractivity contribution in [3.63, 3.8) is 0 Å². The number of hydrogen-bond acceptors (Lipinski definition) is 0. The maximum atomic E-state index is 12.9. The molecule has 0 atom stereocenters. The third-order valence-corrected chi connectivity index (χ3v) is 12.0. The molecule has 1 heterocycles. The first-order chi connectivity index (χ1) is 26.9. The lowest BCUT2D eigenvalue weighted by molar-refractivity contribution is -0.345.